The van der Waals surface area contributed by atoms with E-state index in [1.807, 2.05) is 12.1 Å². The van der Waals surface area contributed by atoms with E-state index in [0.717, 1.165) is 25.0 Å². The van der Waals surface area contributed by atoms with Gasteiger partial charge in [0.25, 0.3) is 5.91 Å². The maximum Gasteiger partial charge on any atom is 0.414 e. The van der Waals surface area contributed by atoms with E-state index < -0.39 is 30.1 Å². The van der Waals surface area contributed by atoms with E-state index in [9.17, 15) is 9.90 Å². The number of aromatic nitrogens is 2. The first-order valence-corrected chi connectivity index (χ1v) is 10.9. The fraction of sp³-hybridized carbons (Fsp3) is 0.381. The Morgan fingerprint density at radius 3 is 2.49 bits per heavy atom. The summed E-state index contributed by atoms with van der Waals surface area (Å²) in [7, 11) is 0. The minimum Gasteiger partial charge on any atom is -0.491 e. The molecule has 35 heavy (non-hydrogen) atoms. The summed E-state index contributed by atoms with van der Waals surface area (Å²) in [4.78, 5) is 38.1. The third-order valence-corrected chi connectivity index (χ3v) is 5.12. The van der Waals surface area contributed by atoms with Crippen LogP contribution in [0.3, 0.4) is 0 Å². The number of nitrogens with zero attached hydrogens (tertiary/aromatic N) is 2. The van der Waals surface area contributed by atoms with E-state index >= 15 is 0 Å². The lowest BCUT2D eigenvalue weighted by Gasteiger charge is -2.19. The number of carboxylic acids is 2. The predicted molar refractivity (Wildman–Crippen MR) is 126 cm³/mol. The Morgan fingerprint density at radius 1 is 1.14 bits per heavy atom. The number of benzene rings is 1. The highest BCUT2D eigenvalue weighted by molar-refractivity contribution is 6.31. The number of nitrogen functional groups attached to an aromatic ring is 2. The first-order chi connectivity index (χ1) is 16.5. The first kappa shape index (κ1) is 27.6. The molecule has 1 aliphatic rings. The Bertz CT molecular complexity index is 1070. The molecule has 190 valence electrons. The van der Waals surface area contributed by atoms with Gasteiger partial charge < -0.3 is 36.8 Å². The maximum atomic E-state index is 12.3. The van der Waals surface area contributed by atoms with Gasteiger partial charge in [0.05, 0.1) is 6.17 Å². The second kappa shape index (κ2) is 12.7. The van der Waals surface area contributed by atoms with Crippen LogP contribution in [-0.2, 0) is 22.4 Å². The second-order valence-electron chi connectivity index (χ2n) is 7.56. The molecular formula is C21H27ClN6O7. The van der Waals surface area contributed by atoms with E-state index in [4.69, 9.17) is 47.6 Å². The highest BCUT2D eigenvalue weighted by Crippen LogP contribution is 2.30. The number of carbonyl (C=O) groups is 3. The van der Waals surface area contributed by atoms with Crippen LogP contribution in [0.1, 0.15) is 35.0 Å². The van der Waals surface area contributed by atoms with Crippen LogP contribution < -0.4 is 26.8 Å². The highest BCUT2D eigenvalue weighted by atomic mass is 35.5. The molecule has 14 heteroatoms. The molecule has 9 N–H and O–H groups in total. The maximum absolute atomic E-state index is 12.3. The molecule has 1 heterocycles. The van der Waals surface area contributed by atoms with Crippen molar-refractivity contribution in [2.75, 3.05) is 24.6 Å². The van der Waals surface area contributed by atoms with Gasteiger partial charge in [-0.1, -0.05) is 23.7 Å². The number of anilines is 2. The Balaban J connectivity index is 0.000000641. The van der Waals surface area contributed by atoms with Crippen molar-refractivity contribution in [2.24, 2.45) is 0 Å². The van der Waals surface area contributed by atoms with Crippen LogP contribution in [0.4, 0.5) is 11.6 Å². The summed E-state index contributed by atoms with van der Waals surface area (Å²) < 4.78 is 5.79. The smallest absolute Gasteiger partial charge is 0.414 e. The number of carboxylic acid groups (broad SMARTS) is 2. The molecule has 2 aromatic rings. The molecule has 0 fully saturated rings. The lowest BCUT2D eigenvalue weighted by atomic mass is 10.1. The van der Waals surface area contributed by atoms with Crippen molar-refractivity contribution in [3.8, 4) is 5.75 Å². The van der Waals surface area contributed by atoms with Crippen molar-refractivity contribution in [2.45, 2.75) is 38.5 Å². The molecule has 0 bridgehead atoms. The highest BCUT2D eigenvalue weighted by Gasteiger charge is 2.19. The predicted octanol–water partition coefficient (Wildman–Crippen LogP) is 0.0440. The van der Waals surface area contributed by atoms with Crippen LogP contribution in [0.15, 0.2) is 18.2 Å². The zero-order chi connectivity index (χ0) is 26.1. The number of aliphatic carboxylic acids is 2. The largest absolute Gasteiger partial charge is 0.491 e. The summed E-state index contributed by atoms with van der Waals surface area (Å²) in [6.45, 7) is 2.09. The van der Waals surface area contributed by atoms with Gasteiger partial charge in [0.15, 0.2) is 22.5 Å². The number of hydrogen-bond acceptors (Lipinski definition) is 10. The molecule has 1 aromatic carbocycles. The molecule has 0 saturated carbocycles. The number of carbonyl (C=O) groups excluding carboxylic acids is 1. The van der Waals surface area contributed by atoms with E-state index in [1.165, 1.54) is 11.1 Å². The molecular weight excluding hydrogens is 484 g/mol. The number of nitrogens with two attached hydrogens (primary N) is 2. The van der Waals surface area contributed by atoms with Crippen molar-refractivity contribution in [1.82, 2.24) is 20.6 Å². The summed E-state index contributed by atoms with van der Waals surface area (Å²) in [6.07, 6.45) is 2.00. The molecule has 0 aliphatic heterocycles. The Kier molecular flexibility index (Phi) is 9.99. The Labute approximate surface area is 205 Å². The number of nitrogens with one attached hydrogen (secondary N) is 2. The van der Waals surface area contributed by atoms with Gasteiger partial charge in [-0.05, 0) is 43.4 Å². The summed E-state index contributed by atoms with van der Waals surface area (Å²) >= 11 is 5.79. The van der Waals surface area contributed by atoms with Crippen molar-refractivity contribution in [3.63, 3.8) is 0 Å². The molecule has 1 aliphatic carbocycles. The van der Waals surface area contributed by atoms with Gasteiger partial charge in [-0.2, -0.15) is 0 Å². The topological polar surface area (TPSA) is 223 Å². The lowest BCUT2D eigenvalue weighted by molar-refractivity contribution is -0.159. The SMILES string of the molecule is CC(NCC(O)COc1cccc2c1CCC2)NC(=O)c1nc(Cl)c(N)nc1N.O=C(O)C(=O)O. The summed E-state index contributed by atoms with van der Waals surface area (Å²) in [5.74, 6) is -3.53. The van der Waals surface area contributed by atoms with Gasteiger partial charge >= 0.3 is 11.9 Å². The number of amides is 1. The van der Waals surface area contributed by atoms with E-state index in [-0.39, 0.29) is 35.6 Å². The number of aryl methyl sites for hydroxylation is 1. The van der Waals surface area contributed by atoms with Crippen molar-refractivity contribution >= 4 is 41.1 Å². The van der Waals surface area contributed by atoms with Crippen LogP contribution in [0.5, 0.6) is 5.75 Å². The van der Waals surface area contributed by atoms with Crippen LogP contribution in [0, 0.1) is 0 Å². The molecule has 0 radical (unpaired) electrons. The van der Waals surface area contributed by atoms with Crippen LogP contribution in [0.25, 0.3) is 0 Å². The van der Waals surface area contributed by atoms with Crippen LogP contribution in [-0.4, -0.2) is 68.6 Å². The number of aliphatic hydroxyl groups is 1. The number of halogens is 1. The Hall–Kier alpha value is -3.68. The van der Waals surface area contributed by atoms with Gasteiger partial charge in [0, 0.05) is 6.54 Å². The minimum atomic E-state index is -1.82. The van der Waals surface area contributed by atoms with Gasteiger partial charge in [-0.3, -0.25) is 10.1 Å². The van der Waals surface area contributed by atoms with Gasteiger partial charge in [0.2, 0.25) is 0 Å². The minimum absolute atomic E-state index is 0.0425. The molecule has 3 rings (SSSR count). The molecule has 2 atom stereocenters. The molecule has 1 aromatic heterocycles. The van der Waals surface area contributed by atoms with Crippen LogP contribution in [0.2, 0.25) is 5.15 Å². The normalized spacial score (nSPS) is 13.6. The molecule has 0 saturated heterocycles. The fourth-order valence-corrected chi connectivity index (χ4v) is 3.33. The second-order valence-corrected chi connectivity index (χ2v) is 7.92. The standard InChI is InChI=1S/C19H25ClN6O3.C2H2O4/c1-10(24-19(28)15-17(21)26-18(22)16(20)25-15)23-8-12(27)9-29-14-7-3-5-11-4-2-6-13(11)14;3-1(4)2(5)6/h3,5,7,10,12,23,27H,2,4,6,8-9H2,1H3,(H,24,28)(H4,21,22,26);(H,3,4)(H,5,6). The average Bonchev–Trinajstić information content (AvgIpc) is 3.28. The van der Waals surface area contributed by atoms with Crippen molar-refractivity contribution in [1.29, 1.82) is 0 Å². The van der Waals surface area contributed by atoms with Gasteiger partial charge in [0.1, 0.15) is 18.5 Å². The molecule has 13 nitrogen and oxygen atoms in total. The quantitative estimate of drug-likeness (QED) is 0.185. The van der Waals surface area contributed by atoms with Crippen molar-refractivity contribution < 1.29 is 34.4 Å². The average molecular weight is 511 g/mol. The summed E-state index contributed by atoms with van der Waals surface area (Å²) in [5, 5.41) is 30.6. The van der Waals surface area contributed by atoms with Gasteiger partial charge in [-0.25, -0.2) is 19.6 Å². The third kappa shape index (κ3) is 8.24. The monoisotopic (exact) mass is 510 g/mol. The first-order valence-electron chi connectivity index (χ1n) is 10.5. The van der Waals surface area contributed by atoms with E-state index in [1.54, 1.807) is 6.92 Å². The number of aliphatic hydroxyl groups excluding tert-OH is 1. The summed E-state index contributed by atoms with van der Waals surface area (Å²) in [6, 6.07) is 6.01. The summed E-state index contributed by atoms with van der Waals surface area (Å²) in [5.41, 5.74) is 13.6. The number of hydrogen-bond donors (Lipinski definition) is 7. The molecule has 2 unspecified atom stereocenters. The van der Waals surface area contributed by atoms with Crippen LogP contribution >= 0.6 is 11.6 Å². The number of ether oxygens (including phenoxy) is 1. The molecule has 1 amide bonds. The van der Waals surface area contributed by atoms with E-state index in [2.05, 4.69) is 26.7 Å². The lowest BCUT2D eigenvalue weighted by Crippen LogP contribution is -2.47. The zero-order valence-corrected chi connectivity index (χ0v) is 19.6. The number of rotatable bonds is 8. The number of fused-ring (bicyclic) bond motifs is 1. The Morgan fingerprint density at radius 2 is 1.83 bits per heavy atom. The fourth-order valence-electron chi connectivity index (χ4n) is 3.20. The third-order valence-electron chi connectivity index (χ3n) is 4.84. The van der Waals surface area contributed by atoms with Crippen molar-refractivity contribution in [3.05, 3.63) is 40.2 Å². The molecule has 0 spiro atoms. The van der Waals surface area contributed by atoms with E-state index in [0.29, 0.717) is 0 Å². The zero-order valence-electron chi connectivity index (χ0n) is 18.8. The van der Waals surface area contributed by atoms with Gasteiger partial charge in [-0.15, -0.1) is 0 Å².